The van der Waals surface area contributed by atoms with Crippen molar-refractivity contribution in [3.05, 3.63) is 53.9 Å². The molecule has 1 aromatic carbocycles. The van der Waals surface area contributed by atoms with Gasteiger partial charge in [0.05, 0.1) is 6.04 Å². The number of carbonyl (C=O) groups excluding carboxylic acids is 1. The van der Waals surface area contributed by atoms with Crippen molar-refractivity contribution in [2.24, 2.45) is 0 Å². The lowest BCUT2D eigenvalue weighted by Gasteiger charge is -2.35. The number of hydrogen-bond acceptors (Lipinski definition) is 4. The van der Waals surface area contributed by atoms with Gasteiger partial charge in [-0.1, -0.05) is 6.07 Å². The van der Waals surface area contributed by atoms with Gasteiger partial charge in [0.15, 0.2) is 11.6 Å². The highest BCUT2D eigenvalue weighted by atomic mass is 19.2. The number of halogens is 2. The molecule has 1 saturated heterocycles. The number of aromatic nitrogens is 2. The van der Waals surface area contributed by atoms with E-state index in [1.807, 2.05) is 4.90 Å². The Bertz CT molecular complexity index is 735. The molecule has 2 amide bonds. The third-order valence-corrected chi connectivity index (χ3v) is 4.19. The van der Waals surface area contributed by atoms with Crippen molar-refractivity contribution in [3.63, 3.8) is 0 Å². The van der Waals surface area contributed by atoms with Crippen molar-refractivity contribution < 1.29 is 13.6 Å². The molecule has 132 valence electrons. The molecule has 0 saturated carbocycles. The Kier molecular flexibility index (Phi) is 5.06. The molecule has 1 unspecified atom stereocenters. The highest BCUT2D eigenvalue weighted by Crippen LogP contribution is 2.17. The zero-order valence-corrected chi connectivity index (χ0v) is 13.8. The van der Waals surface area contributed by atoms with Gasteiger partial charge in [-0.05, 0) is 30.7 Å². The first kappa shape index (κ1) is 17.1. The summed E-state index contributed by atoms with van der Waals surface area (Å²) in [4.78, 5) is 24.5. The van der Waals surface area contributed by atoms with E-state index in [-0.39, 0.29) is 6.03 Å². The highest BCUT2D eigenvalue weighted by molar-refractivity contribution is 5.75. The predicted molar refractivity (Wildman–Crippen MR) is 89.1 cm³/mol. The van der Waals surface area contributed by atoms with E-state index in [2.05, 4.69) is 15.3 Å². The molecule has 1 aliphatic rings. The van der Waals surface area contributed by atoms with E-state index in [9.17, 15) is 13.6 Å². The Morgan fingerprint density at radius 2 is 1.80 bits per heavy atom. The molecular formula is C17H19F2N5O. The van der Waals surface area contributed by atoms with Crippen molar-refractivity contribution in [1.29, 1.82) is 0 Å². The normalized spacial score (nSPS) is 15.8. The average Bonchev–Trinajstić information content (AvgIpc) is 2.64. The van der Waals surface area contributed by atoms with Crippen molar-refractivity contribution >= 4 is 12.0 Å². The van der Waals surface area contributed by atoms with Gasteiger partial charge in [-0.2, -0.15) is 0 Å². The summed E-state index contributed by atoms with van der Waals surface area (Å²) in [6.07, 6.45) is 3.37. The van der Waals surface area contributed by atoms with Crippen LogP contribution in [0.25, 0.3) is 0 Å². The van der Waals surface area contributed by atoms with Gasteiger partial charge in [0, 0.05) is 38.6 Å². The van der Waals surface area contributed by atoms with Crippen LogP contribution in [0.1, 0.15) is 18.5 Å². The summed E-state index contributed by atoms with van der Waals surface area (Å²) >= 11 is 0. The monoisotopic (exact) mass is 347 g/mol. The van der Waals surface area contributed by atoms with Gasteiger partial charge in [0.1, 0.15) is 0 Å². The molecule has 1 fully saturated rings. The van der Waals surface area contributed by atoms with E-state index < -0.39 is 17.7 Å². The average molecular weight is 347 g/mol. The minimum Gasteiger partial charge on any atom is -0.337 e. The molecule has 3 rings (SSSR count). The first-order chi connectivity index (χ1) is 12.0. The smallest absolute Gasteiger partial charge is 0.317 e. The number of rotatable bonds is 3. The van der Waals surface area contributed by atoms with Crippen LogP contribution in [0.4, 0.5) is 19.5 Å². The Hall–Kier alpha value is -2.77. The van der Waals surface area contributed by atoms with Crippen molar-refractivity contribution in [2.75, 3.05) is 31.1 Å². The van der Waals surface area contributed by atoms with Crippen LogP contribution in [-0.2, 0) is 0 Å². The van der Waals surface area contributed by atoms with Crippen LogP contribution >= 0.6 is 0 Å². The molecule has 6 nitrogen and oxygen atoms in total. The van der Waals surface area contributed by atoms with Gasteiger partial charge in [-0.3, -0.25) is 0 Å². The summed E-state index contributed by atoms with van der Waals surface area (Å²) in [5.41, 5.74) is 0.517. The number of benzene rings is 1. The maximum Gasteiger partial charge on any atom is 0.317 e. The molecular weight excluding hydrogens is 328 g/mol. The zero-order chi connectivity index (χ0) is 17.8. The SMILES string of the molecule is CC(NC(=O)N1CCN(c2ncccn2)CC1)c1ccc(F)c(F)c1. The molecule has 0 radical (unpaired) electrons. The molecule has 0 aliphatic carbocycles. The second-order valence-corrected chi connectivity index (χ2v) is 5.87. The van der Waals surface area contributed by atoms with E-state index in [1.165, 1.54) is 6.07 Å². The second-order valence-electron chi connectivity index (χ2n) is 5.87. The molecule has 2 aromatic rings. The number of nitrogens with one attached hydrogen (secondary N) is 1. The van der Waals surface area contributed by atoms with Gasteiger partial charge in [-0.15, -0.1) is 0 Å². The van der Waals surface area contributed by atoms with E-state index in [1.54, 1.807) is 30.3 Å². The summed E-state index contributed by atoms with van der Waals surface area (Å²) in [6.45, 7) is 4.08. The first-order valence-corrected chi connectivity index (χ1v) is 8.07. The van der Waals surface area contributed by atoms with E-state index >= 15 is 0 Å². The van der Waals surface area contributed by atoms with Crippen LogP contribution in [0.15, 0.2) is 36.7 Å². The minimum atomic E-state index is -0.921. The molecule has 1 atom stereocenters. The quantitative estimate of drug-likeness (QED) is 0.926. The first-order valence-electron chi connectivity index (χ1n) is 8.07. The molecule has 1 aromatic heterocycles. The minimum absolute atomic E-state index is 0.231. The largest absolute Gasteiger partial charge is 0.337 e. The van der Waals surface area contributed by atoms with Crippen LogP contribution < -0.4 is 10.2 Å². The number of carbonyl (C=O) groups is 1. The van der Waals surface area contributed by atoms with Crippen LogP contribution in [0.2, 0.25) is 0 Å². The van der Waals surface area contributed by atoms with Gasteiger partial charge in [0.25, 0.3) is 0 Å². The Balaban J connectivity index is 1.55. The lowest BCUT2D eigenvalue weighted by molar-refractivity contribution is 0.191. The third-order valence-electron chi connectivity index (χ3n) is 4.19. The third kappa shape index (κ3) is 4.01. The van der Waals surface area contributed by atoms with Crippen molar-refractivity contribution in [1.82, 2.24) is 20.2 Å². The molecule has 0 spiro atoms. The number of urea groups is 1. The summed E-state index contributed by atoms with van der Waals surface area (Å²) in [5, 5.41) is 2.82. The summed E-state index contributed by atoms with van der Waals surface area (Å²) < 4.78 is 26.3. The molecule has 1 aliphatic heterocycles. The van der Waals surface area contributed by atoms with E-state index in [0.717, 1.165) is 12.1 Å². The fourth-order valence-corrected chi connectivity index (χ4v) is 2.71. The summed E-state index contributed by atoms with van der Waals surface area (Å²) in [7, 11) is 0. The Morgan fingerprint density at radius 1 is 1.12 bits per heavy atom. The number of hydrogen-bond donors (Lipinski definition) is 1. The molecule has 8 heteroatoms. The van der Waals surface area contributed by atoms with Crippen molar-refractivity contribution in [3.8, 4) is 0 Å². The topological polar surface area (TPSA) is 61.4 Å². The molecule has 25 heavy (non-hydrogen) atoms. The predicted octanol–water partition coefficient (Wildman–Crippen LogP) is 2.35. The Labute approximate surface area is 144 Å². The second kappa shape index (κ2) is 7.42. The lowest BCUT2D eigenvalue weighted by Crippen LogP contribution is -2.52. The molecule has 1 N–H and O–H groups in total. The van der Waals surface area contributed by atoms with Crippen LogP contribution in [0.5, 0.6) is 0 Å². The molecule has 0 bridgehead atoms. The van der Waals surface area contributed by atoms with Gasteiger partial charge in [-0.25, -0.2) is 23.5 Å². The molecule has 2 heterocycles. The maximum absolute atomic E-state index is 13.3. The fourth-order valence-electron chi connectivity index (χ4n) is 2.71. The van der Waals surface area contributed by atoms with Gasteiger partial charge < -0.3 is 15.1 Å². The zero-order valence-electron chi connectivity index (χ0n) is 13.8. The number of piperazine rings is 1. The van der Waals surface area contributed by atoms with Gasteiger partial charge in [0.2, 0.25) is 5.95 Å². The number of nitrogens with zero attached hydrogens (tertiary/aromatic N) is 4. The standard InChI is InChI=1S/C17H19F2N5O/c1-12(13-3-4-14(18)15(19)11-13)22-17(25)24-9-7-23(8-10-24)16-20-5-2-6-21-16/h2-6,11-12H,7-10H2,1H3,(H,22,25). The fraction of sp³-hybridized carbons (Fsp3) is 0.353. The van der Waals surface area contributed by atoms with E-state index in [4.69, 9.17) is 0 Å². The maximum atomic E-state index is 13.3. The van der Waals surface area contributed by atoms with Crippen molar-refractivity contribution in [2.45, 2.75) is 13.0 Å². The number of amides is 2. The van der Waals surface area contributed by atoms with E-state index in [0.29, 0.717) is 37.7 Å². The van der Waals surface area contributed by atoms with Crippen LogP contribution in [-0.4, -0.2) is 47.1 Å². The lowest BCUT2D eigenvalue weighted by atomic mass is 10.1. The Morgan fingerprint density at radius 3 is 2.44 bits per heavy atom. The van der Waals surface area contributed by atoms with Crippen LogP contribution in [0.3, 0.4) is 0 Å². The van der Waals surface area contributed by atoms with Crippen LogP contribution in [0, 0.1) is 11.6 Å². The van der Waals surface area contributed by atoms with Gasteiger partial charge >= 0.3 is 6.03 Å². The summed E-state index contributed by atoms with van der Waals surface area (Å²) in [5.74, 6) is -1.17. The highest BCUT2D eigenvalue weighted by Gasteiger charge is 2.23. The number of anilines is 1. The summed E-state index contributed by atoms with van der Waals surface area (Å²) in [6, 6.07) is 4.74.